The molecule has 2 aromatic rings. The number of nitrogens with zero attached hydrogens (tertiary/aromatic N) is 1. The zero-order valence-corrected chi connectivity index (χ0v) is 11.1. The maximum atomic E-state index is 12.1. The van der Waals surface area contributed by atoms with Gasteiger partial charge in [-0.1, -0.05) is 18.2 Å². The van der Waals surface area contributed by atoms with E-state index in [0.717, 1.165) is 11.9 Å². The molecule has 100 valence electrons. The van der Waals surface area contributed by atoms with Gasteiger partial charge >= 0.3 is 0 Å². The number of amides is 1. The number of carbonyl (C=O) groups excluding carboxylic acids is 1. The third-order valence-corrected chi connectivity index (χ3v) is 2.84. The van der Waals surface area contributed by atoms with Gasteiger partial charge in [0.15, 0.2) is 0 Å². The van der Waals surface area contributed by atoms with Crippen molar-refractivity contribution < 1.29 is 4.79 Å². The SMILES string of the molecule is CN(C)CCNC(=O)c1cc(=O)[nH]c2ccccc12. The van der Waals surface area contributed by atoms with Gasteiger partial charge in [-0.05, 0) is 20.2 Å². The van der Waals surface area contributed by atoms with Gasteiger partial charge in [0.1, 0.15) is 0 Å². The molecule has 1 aromatic carbocycles. The van der Waals surface area contributed by atoms with Crippen LogP contribution in [0.1, 0.15) is 10.4 Å². The van der Waals surface area contributed by atoms with Crippen LogP contribution in [-0.4, -0.2) is 43.0 Å². The third-order valence-electron chi connectivity index (χ3n) is 2.84. The van der Waals surface area contributed by atoms with E-state index >= 15 is 0 Å². The van der Waals surface area contributed by atoms with Crippen LogP contribution in [0.4, 0.5) is 0 Å². The molecule has 1 aromatic heterocycles. The minimum absolute atomic E-state index is 0.218. The second-order valence-electron chi connectivity index (χ2n) is 4.65. The molecule has 1 amide bonds. The Hall–Kier alpha value is -2.14. The largest absolute Gasteiger partial charge is 0.351 e. The fourth-order valence-electron chi connectivity index (χ4n) is 1.88. The topological polar surface area (TPSA) is 65.2 Å². The molecule has 0 saturated heterocycles. The third kappa shape index (κ3) is 3.20. The van der Waals surface area contributed by atoms with Crippen LogP contribution in [0.25, 0.3) is 10.9 Å². The quantitative estimate of drug-likeness (QED) is 0.854. The average Bonchev–Trinajstić information content (AvgIpc) is 2.37. The van der Waals surface area contributed by atoms with Gasteiger partial charge in [-0.3, -0.25) is 9.59 Å². The van der Waals surface area contributed by atoms with E-state index in [1.54, 1.807) is 6.07 Å². The van der Waals surface area contributed by atoms with Crippen molar-refractivity contribution in [2.24, 2.45) is 0 Å². The summed E-state index contributed by atoms with van der Waals surface area (Å²) >= 11 is 0. The number of nitrogens with one attached hydrogen (secondary N) is 2. The van der Waals surface area contributed by atoms with Crippen molar-refractivity contribution in [1.29, 1.82) is 0 Å². The lowest BCUT2D eigenvalue weighted by atomic mass is 10.1. The summed E-state index contributed by atoms with van der Waals surface area (Å²) in [5, 5.41) is 3.57. The molecule has 2 N–H and O–H groups in total. The Bertz CT molecular complexity index is 646. The summed E-state index contributed by atoms with van der Waals surface area (Å²) < 4.78 is 0. The first kappa shape index (κ1) is 13.3. The Morgan fingerprint density at radius 2 is 2.05 bits per heavy atom. The second-order valence-corrected chi connectivity index (χ2v) is 4.65. The van der Waals surface area contributed by atoms with Crippen molar-refractivity contribution in [2.75, 3.05) is 27.2 Å². The van der Waals surface area contributed by atoms with Crippen molar-refractivity contribution in [3.05, 3.63) is 46.2 Å². The lowest BCUT2D eigenvalue weighted by Gasteiger charge is -2.11. The van der Waals surface area contributed by atoms with E-state index in [0.29, 0.717) is 17.6 Å². The van der Waals surface area contributed by atoms with Gasteiger partial charge in [0.25, 0.3) is 5.91 Å². The van der Waals surface area contributed by atoms with Crippen molar-refractivity contribution in [3.8, 4) is 0 Å². The van der Waals surface area contributed by atoms with Gasteiger partial charge in [-0.2, -0.15) is 0 Å². The van der Waals surface area contributed by atoms with E-state index in [4.69, 9.17) is 0 Å². The van der Waals surface area contributed by atoms with Crippen molar-refractivity contribution in [2.45, 2.75) is 0 Å². The Labute approximate surface area is 111 Å². The maximum absolute atomic E-state index is 12.1. The second kappa shape index (κ2) is 5.67. The van der Waals surface area contributed by atoms with Gasteiger partial charge in [0.2, 0.25) is 5.56 Å². The monoisotopic (exact) mass is 259 g/mol. The highest BCUT2D eigenvalue weighted by Gasteiger charge is 2.10. The van der Waals surface area contributed by atoms with E-state index in [9.17, 15) is 9.59 Å². The smallest absolute Gasteiger partial charge is 0.252 e. The summed E-state index contributed by atoms with van der Waals surface area (Å²) in [6.07, 6.45) is 0. The fraction of sp³-hybridized carbons (Fsp3) is 0.286. The van der Waals surface area contributed by atoms with E-state index in [1.807, 2.05) is 37.2 Å². The molecule has 1 heterocycles. The number of hydrogen-bond donors (Lipinski definition) is 2. The number of rotatable bonds is 4. The van der Waals surface area contributed by atoms with Crippen LogP contribution in [0.2, 0.25) is 0 Å². The summed E-state index contributed by atoms with van der Waals surface area (Å²) in [5.74, 6) is -0.218. The number of aromatic nitrogens is 1. The van der Waals surface area contributed by atoms with Crippen molar-refractivity contribution in [1.82, 2.24) is 15.2 Å². The molecule has 0 radical (unpaired) electrons. The lowest BCUT2D eigenvalue weighted by Crippen LogP contribution is -2.32. The standard InChI is InChI=1S/C14H17N3O2/c1-17(2)8-7-15-14(19)11-9-13(18)16-12-6-4-3-5-10(11)12/h3-6,9H,7-8H2,1-2H3,(H,15,19)(H,16,18). The highest BCUT2D eigenvalue weighted by atomic mass is 16.2. The molecule has 5 heteroatoms. The number of H-pyrrole nitrogens is 1. The Morgan fingerprint density at radius 3 is 2.79 bits per heavy atom. The fourth-order valence-corrected chi connectivity index (χ4v) is 1.88. The molecule has 2 rings (SSSR count). The van der Waals surface area contributed by atoms with Gasteiger partial charge in [0, 0.05) is 30.1 Å². The highest BCUT2D eigenvalue weighted by molar-refractivity contribution is 6.05. The molecule has 0 atom stereocenters. The lowest BCUT2D eigenvalue weighted by molar-refractivity contribution is 0.0952. The number of carbonyl (C=O) groups is 1. The molecule has 0 aliphatic carbocycles. The normalized spacial score (nSPS) is 10.9. The molecule has 0 bridgehead atoms. The summed E-state index contributed by atoms with van der Waals surface area (Å²) in [4.78, 5) is 28.4. The predicted molar refractivity (Wildman–Crippen MR) is 75.5 cm³/mol. The van der Waals surface area contributed by atoms with Gasteiger partial charge in [-0.15, -0.1) is 0 Å². The first-order chi connectivity index (χ1) is 9.08. The summed E-state index contributed by atoms with van der Waals surface area (Å²) in [5.41, 5.74) is 0.822. The molecule has 0 spiro atoms. The Morgan fingerprint density at radius 1 is 1.32 bits per heavy atom. The maximum Gasteiger partial charge on any atom is 0.252 e. The molecule has 0 saturated carbocycles. The number of hydrogen-bond acceptors (Lipinski definition) is 3. The number of pyridine rings is 1. The Balaban J connectivity index is 2.28. The van der Waals surface area contributed by atoms with Gasteiger partial charge in [-0.25, -0.2) is 0 Å². The van der Waals surface area contributed by atoms with E-state index < -0.39 is 0 Å². The van der Waals surface area contributed by atoms with Crippen LogP contribution >= 0.6 is 0 Å². The average molecular weight is 259 g/mol. The van der Waals surface area contributed by atoms with Gasteiger partial charge < -0.3 is 15.2 Å². The number of benzene rings is 1. The van der Waals surface area contributed by atoms with Crippen LogP contribution in [0.15, 0.2) is 35.1 Å². The molecule has 19 heavy (non-hydrogen) atoms. The minimum Gasteiger partial charge on any atom is -0.351 e. The number of likely N-dealkylation sites (N-methyl/N-ethyl adjacent to an activating group) is 1. The number of fused-ring (bicyclic) bond motifs is 1. The number of para-hydroxylation sites is 1. The highest BCUT2D eigenvalue weighted by Crippen LogP contribution is 2.14. The van der Waals surface area contributed by atoms with E-state index in [-0.39, 0.29) is 11.5 Å². The van der Waals surface area contributed by atoms with Crippen LogP contribution in [-0.2, 0) is 0 Å². The zero-order chi connectivity index (χ0) is 13.8. The number of aromatic amines is 1. The molecule has 0 fully saturated rings. The van der Waals surface area contributed by atoms with Crippen molar-refractivity contribution >= 4 is 16.8 Å². The van der Waals surface area contributed by atoms with Crippen LogP contribution in [0.5, 0.6) is 0 Å². The predicted octanol–water partition coefficient (Wildman–Crippen LogP) is 0.820. The zero-order valence-electron chi connectivity index (χ0n) is 11.1. The minimum atomic E-state index is -0.267. The molecular weight excluding hydrogens is 242 g/mol. The molecule has 0 aliphatic rings. The van der Waals surface area contributed by atoms with Crippen LogP contribution in [0.3, 0.4) is 0 Å². The molecule has 5 nitrogen and oxygen atoms in total. The first-order valence-electron chi connectivity index (χ1n) is 6.13. The van der Waals surface area contributed by atoms with E-state index in [2.05, 4.69) is 10.3 Å². The Kier molecular flexibility index (Phi) is 3.97. The van der Waals surface area contributed by atoms with E-state index in [1.165, 1.54) is 6.07 Å². The van der Waals surface area contributed by atoms with Crippen molar-refractivity contribution in [3.63, 3.8) is 0 Å². The molecule has 0 unspecified atom stereocenters. The van der Waals surface area contributed by atoms with Gasteiger partial charge in [0.05, 0.1) is 5.56 Å². The first-order valence-corrected chi connectivity index (χ1v) is 6.13. The summed E-state index contributed by atoms with van der Waals surface area (Å²) in [6.45, 7) is 1.31. The molecule has 0 aliphatic heterocycles. The summed E-state index contributed by atoms with van der Waals surface area (Å²) in [7, 11) is 3.88. The molecular formula is C14H17N3O2. The van der Waals surface area contributed by atoms with Crippen LogP contribution in [0, 0.1) is 0 Å². The summed E-state index contributed by atoms with van der Waals surface area (Å²) in [6, 6.07) is 8.62. The van der Waals surface area contributed by atoms with Crippen LogP contribution < -0.4 is 10.9 Å².